The van der Waals surface area contributed by atoms with Crippen LogP contribution >= 0.6 is 11.6 Å². The molecule has 0 aliphatic rings. The molecule has 19 heavy (non-hydrogen) atoms. The molecule has 1 amide bonds. The molecule has 0 atom stereocenters. The lowest BCUT2D eigenvalue weighted by Gasteiger charge is -2.09. The predicted molar refractivity (Wildman–Crippen MR) is 75.2 cm³/mol. The number of nitrogens with two attached hydrogens (primary N) is 1. The van der Waals surface area contributed by atoms with Crippen LogP contribution < -0.4 is 16.5 Å². The number of nitrogens with zero attached hydrogens (tertiary/aromatic N) is 1. The zero-order chi connectivity index (χ0) is 13.8. The lowest BCUT2D eigenvalue weighted by Crippen LogP contribution is -2.19. The molecule has 0 aliphatic carbocycles. The van der Waals surface area contributed by atoms with Crippen molar-refractivity contribution in [3.63, 3.8) is 0 Å². The average Bonchev–Trinajstić information content (AvgIpc) is 2.37. The van der Waals surface area contributed by atoms with Crippen LogP contribution in [0, 0.1) is 0 Å². The van der Waals surface area contributed by atoms with Gasteiger partial charge in [0.1, 0.15) is 6.54 Å². The Bertz CT molecular complexity index is 647. The molecule has 6 heteroatoms. The molecule has 0 saturated heterocycles. The first-order valence-corrected chi connectivity index (χ1v) is 5.93. The zero-order valence-electron chi connectivity index (χ0n) is 9.97. The topological polar surface area (TPSA) is 77.1 Å². The molecule has 2 rings (SSSR count). The third-order valence-corrected chi connectivity index (χ3v) is 2.78. The van der Waals surface area contributed by atoms with Crippen LogP contribution in [0.2, 0.25) is 5.02 Å². The third kappa shape index (κ3) is 3.59. The molecular weight excluding hydrogens is 266 g/mol. The van der Waals surface area contributed by atoms with Crippen LogP contribution in [0.1, 0.15) is 0 Å². The van der Waals surface area contributed by atoms with E-state index in [0.717, 1.165) is 0 Å². The molecule has 98 valence electrons. The van der Waals surface area contributed by atoms with Crippen molar-refractivity contribution in [2.75, 3.05) is 11.1 Å². The summed E-state index contributed by atoms with van der Waals surface area (Å²) in [6, 6.07) is 7.64. The van der Waals surface area contributed by atoms with Crippen molar-refractivity contribution in [2.24, 2.45) is 0 Å². The Labute approximate surface area is 114 Å². The summed E-state index contributed by atoms with van der Waals surface area (Å²) >= 11 is 5.95. The fourth-order valence-electron chi connectivity index (χ4n) is 1.54. The smallest absolute Gasteiger partial charge is 0.244 e. The van der Waals surface area contributed by atoms with E-state index in [1.54, 1.807) is 35.2 Å². The van der Waals surface area contributed by atoms with Gasteiger partial charge in [-0.05, 0) is 18.2 Å². The predicted octanol–water partition coefficient (Wildman–Crippen LogP) is 1.72. The highest BCUT2D eigenvalue weighted by atomic mass is 35.5. The highest BCUT2D eigenvalue weighted by Crippen LogP contribution is 2.23. The van der Waals surface area contributed by atoms with Crippen LogP contribution in [0.25, 0.3) is 0 Å². The fourth-order valence-corrected chi connectivity index (χ4v) is 1.71. The number of hydrogen-bond donors (Lipinski definition) is 2. The average molecular weight is 278 g/mol. The van der Waals surface area contributed by atoms with Crippen molar-refractivity contribution >= 4 is 28.9 Å². The maximum atomic E-state index is 11.8. The molecule has 1 heterocycles. The standard InChI is InChI=1S/C13H12ClN3O2/c14-11-2-1-9(15)7-12(11)16-13(19)8-17-5-3-10(18)4-6-17/h1-7H,8,15H2,(H,16,19). The maximum absolute atomic E-state index is 11.8. The summed E-state index contributed by atoms with van der Waals surface area (Å²) in [5.74, 6) is -0.254. The van der Waals surface area contributed by atoms with E-state index < -0.39 is 0 Å². The Hall–Kier alpha value is -2.27. The molecule has 2 aromatic rings. The van der Waals surface area contributed by atoms with Gasteiger partial charge in [-0.1, -0.05) is 11.6 Å². The number of nitrogen functional groups attached to an aromatic ring is 1. The molecule has 1 aromatic carbocycles. The minimum atomic E-state index is -0.254. The van der Waals surface area contributed by atoms with Gasteiger partial charge in [0.2, 0.25) is 5.91 Å². The number of carbonyl (C=O) groups excluding carboxylic acids is 1. The summed E-state index contributed by atoms with van der Waals surface area (Å²) < 4.78 is 1.59. The van der Waals surface area contributed by atoms with Crippen molar-refractivity contribution in [1.82, 2.24) is 4.57 Å². The van der Waals surface area contributed by atoms with E-state index in [4.69, 9.17) is 17.3 Å². The van der Waals surface area contributed by atoms with Crippen LogP contribution in [0.4, 0.5) is 11.4 Å². The number of aromatic nitrogens is 1. The van der Waals surface area contributed by atoms with E-state index in [-0.39, 0.29) is 17.9 Å². The minimum absolute atomic E-state index is 0.0887. The molecule has 0 radical (unpaired) electrons. The second-order valence-corrected chi connectivity index (χ2v) is 4.40. The zero-order valence-corrected chi connectivity index (χ0v) is 10.7. The summed E-state index contributed by atoms with van der Waals surface area (Å²) in [7, 11) is 0. The first-order valence-electron chi connectivity index (χ1n) is 5.55. The number of carbonyl (C=O) groups is 1. The second kappa shape index (κ2) is 5.58. The Morgan fingerprint density at radius 3 is 2.63 bits per heavy atom. The quantitative estimate of drug-likeness (QED) is 0.839. The summed E-state index contributed by atoms with van der Waals surface area (Å²) in [6.45, 7) is 0.0887. The van der Waals surface area contributed by atoms with E-state index in [9.17, 15) is 9.59 Å². The number of rotatable bonds is 3. The van der Waals surface area contributed by atoms with Gasteiger partial charge in [-0.25, -0.2) is 0 Å². The Morgan fingerprint density at radius 1 is 1.26 bits per heavy atom. The fraction of sp³-hybridized carbons (Fsp3) is 0.0769. The van der Waals surface area contributed by atoms with Crippen LogP contribution in [0.5, 0.6) is 0 Å². The maximum Gasteiger partial charge on any atom is 0.244 e. The SMILES string of the molecule is Nc1ccc(Cl)c(NC(=O)Cn2ccc(=O)cc2)c1. The van der Waals surface area contributed by atoms with E-state index in [1.807, 2.05) is 0 Å². The number of anilines is 2. The van der Waals surface area contributed by atoms with Crippen LogP contribution in [-0.4, -0.2) is 10.5 Å². The van der Waals surface area contributed by atoms with Gasteiger partial charge in [-0.15, -0.1) is 0 Å². The minimum Gasteiger partial charge on any atom is -0.399 e. The monoisotopic (exact) mass is 277 g/mol. The van der Waals surface area contributed by atoms with Gasteiger partial charge in [0.15, 0.2) is 5.43 Å². The number of nitrogens with one attached hydrogen (secondary N) is 1. The van der Waals surface area contributed by atoms with Gasteiger partial charge in [-0.2, -0.15) is 0 Å². The normalized spacial score (nSPS) is 10.2. The van der Waals surface area contributed by atoms with Gasteiger partial charge < -0.3 is 15.6 Å². The van der Waals surface area contributed by atoms with Crippen LogP contribution in [0.3, 0.4) is 0 Å². The highest BCUT2D eigenvalue weighted by Gasteiger charge is 2.06. The molecule has 0 bridgehead atoms. The largest absolute Gasteiger partial charge is 0.399 e. The van der Waals surface area contributed by atoms with Crippen LogP contribution in [-0.2, 0) is 11.3 Å². The van der Waals surface area contributed by atoms with Crippen molar-refractivity contribution in [2.45, 2.75) is 6.54 Å². The molecule has 0 spiro atoms. The second-order valence-electron chi connectivity index (χ2n) is 3.99. The van der Waals surface area contributed by atoms with Gasteiger partial charge in [0.25, 0.3) is 0 Å². The Morgan fingerprint density at radius 2 is 1.95 bits per heavy atom. The van der Waals surface area contributed by atoms with Gasteiger partial charge in [0.05, 0.1) is 10.7 Å². The number of hydrogen-bond acceptors (Lipinski definition) is 3. The number of benzene rings is 1. The first-order chi connectivity index (χ1) is 9.04. The number of amides is 1. The molecule has 5 nitrogen and oxygen atoms in total. The summed E-state index contributed by atoms with van der Waals surface area (Å²) in [4.78, 5) is 22.8. The highest BCUT2D eigenvalue weighted by molar-refractivity contribution is 6.33. The van der Waals surface area contributed by atoms with E-state index in [1.165, 1.54) is 12.1 Å². The molecule has 1 aromatic heterocycles. The van der Waals surface area contributed by atoms with Crippen molar-refractivity contribution in [1.29, 1.82) is 0 Å². The van der Waals surface area contributed by atoms with E-state index in [2.05, 4.69) is 5.32 Å². The number of pyridine rings is 1. The summed E-state index contributed by atoms with van der Waals surface area (Å²) in [5, 5.41) is 3.08. The van der Waals surface area contributed by atoms with Gasteiger partial charge in [-0.3, -0.25) is 9.59 Å². The van der Waals surface area contributed by atoms with E-state index >= 15 is 0 Å². The Kier molecular flexibility index (Phi) is 3.87. The molecular formula is C13H12ClN3O2. The van der Waals surface area contributed by atoms with Crippen molar-refractivity contribution < 1.29 is 4.79 Å². The van der Waals surface area contributed by atoms with Gasteiger partial charge >= 0.3 is 0 Å². The van der Waals surface area contributed by atoms with Crippen LogP contribution in [0.15, 0.2) is 47.5 Å². The lowest BCUT2D eigenvalue weighted by molar-refractivity contribution is -0.116. The summed E-state index contributed by atoms with van der Waals surface area (Å²) in [6.07, 6.45) is 3.09. The lowest BCUT2D eigenvalue weighted by atomic mass is 10.3. The molecule has 3 N–H and O–H groups in total. The molecule has 0 fully saturated rings. The molecule has 0 aliphatic heterocycles. The van der Waals surface area contributed by atoms with Crippen molar-refractivity contribution in [3.8, 4) is 0 Å². The molecule has 0 saturated carbocycles. The van der Waals surface area contributed by atoms with Gasteiger partial charge in [0, 0.05) is 30.2 Å². The third-order valence-electron chi connectivity index (χ3n) is 2.45. The number of halogens is 1. The Balaban J connectivity index is 2.07. The van der Waals surface area contributed by atoms with E-state index in [0.29, 0.717) is 16.4 Å². The molecule has 0 unspecified atom stereocenters. The first kappa shape index (κ1) is 13.2. The van der Waals surface area contributed by atoms with Crippen molar-refractivity contribution in [3.05, 3.63) is 58.0 Å². The summed E-state index contributed by atoms with van der Waals surface area (Å²) in [5.41, 5.74) is 6.50.